The first-order valence-electron chi connectivity index (χ1n) is 9.52. The number of nitrogens with zero attached hydrogens (tertiary/aromatic N) is 2. The van der Waals surface area contributed by atoms with Crippen LogP contribution in [-0.4, -0.2) is 72.9 Å². The van der Waals surface area contributed by atoms with Crippen LogP contribution in [0.1, 0.15) is 36.5 Å². The van der Waals surface area contributed by atoms with Crippen LogP contribution in [0.25, 0.3) is 0 Å². The largest absolute Gasteiger partial charge is 0.484 e. The molecule has 2 heterocycles. The molecule has 1 atom stereocenters. The Bertz CT molecular complexity index is 674. The lowest BCUT2D eigenvalue weighted by molar-refractivity contribution is -0.146. The van der Waals surface area contributed by atoms with E-state index < -0.39 is 0 Å². The Labute approximate surface area is 159 Å². The van der Waals surface area contributed by atoms with Gasteiger partial charge in [0.2, 0.25) is 0 Å². The van der Waals surface area contributed by atoms with Gasteiger partial charge in [-0.1, -0.05) is 6.92 Å². The van der Waals surface area contributed by atoms with Gasteiger partial charge in [0.1, 0.15) is 11.9 Å². The molecule has 1 aromatic carbocycles. The molecule has 7 nitrogen and oxygen atoms in total. The van der Waals surface area contributed by atoms with Crippen molar-refractivity contribution in [2.24, 2.45) is 0 Å². The number of benzene rings is 1. The molecule has 0 N–H and O–H groups in total. The standard InChI is InChI=1S/C20H26N2O5/c1-2-17(23)15-5-7-16(8-6-15)27-14-19(24)21-9-11-22(12-10-21)20(25)18-4-3-13-26-18/h5-8,18H,2-4,9-14H2,1H3/t18-/m0/s1. The number of hydrogen-bond donors (Lipinski definition) is 0. The summed E-state index contributed by atoms with van der Waals surface area (Å²) >= 11 is 0. The highest BCUT2D eigenvalue weighted by molar-refractivity contribution is 5.95. The fourth-order valence-electron chi connectivity index (χ4n) is 3.33. The van der Waals surface area contributed by atoms with Gasteiger partial charge in [0.15, 0.2) is 12.4 Å². The van der Waals surface area contributed by atoms with E-state index in [-0.39, 0.29) is 30.3 Å². The number of hydrogen-bond acceptors (Lipinski definition) is 5. The van der Waals surface area contributed by atoms with Crippen LogP contribution in [0, 0.1) is 0 Å². The molecule has 0 bridgehead atoms. The Morgan fingerprint density at radius 1 is 1.07 bits per heavy atom. The summed E-state index contributed by atoms with van der Waals surface area (Å²) in [5, 5.41) is 0. The first kappa shape index (κ1) is 19.4. The Kier molecular flexibility index (Phi) is 6.45. The lowest BCUT2D eigenvalue weighted by Crippen LogP contribution is -2.53. The molecule has 1 aromatic rings. The highest BCUT2D eigenvalue weighted by Crippen LogP contribution is 2.17. The number of ether oxygens (including phenoxy) is 2. The van der Waals surface area contributed by atoms with Crippen LogP contribution < -0.4 is 4.74 Å². The molecule has 0 saturated carbocycles. The van der Waals surface area contributed by atoms with Crippen molar-refractivity contribution in [1.82, 2.24) is 9.80 Å². The van der Waals surface area contributed by atoms with Crippen molar-refractivity contribution in [3.8, 4) is 5.75 Å². The summed E-state index contributed by atoms with van der Waals surface area (Å²) in [6, 6.07) is 6.82. The molecule has 2 aliphatic heterocycles. The number of carbonyl (C=O) groups is 3. The van der Waals surface area contributed by atoms with Crippen LogP contribution in [0.4, 0.5) is 0 Å². The van der Waals surface area contributed by atoms with Gasteiger partial charge in [0.05, 0.1) is 0 Å². The van der Waals surface area contributed by atoms with Gasteiger partial charge in [-0.15, -0.1) is 0 Å². The molecule has 146 valence electrons. The van der Waals surface area contributed by atoms with Crippen molar-refractivity contribution in [3.63, 3.8) is 0 Å². The summed E-state index contributed by atoms with van der Waals surface area (Å²) < 4.78 is 11.0. The van der Waals surface area contributed by atoms with Crippen molar-refractivity contribution in [2.45, 2.75) is 32.3 Å². The molecule has 3 rings (SSSR count). The third kappa shape index (κ3) is 4.86. The van der Waals surface area contributed by atoms with Crippen molar-refractivity contribution in [2.75, 3.05) is 39.4 Å². The van der Waals surface area contributed by atoms with E-state index in [0.29, 0.717) is 50.5 Å². The van der Waals surface area contributed by atoms with Gasteiger partial charge < -0.3 is 19.3 Å². The maximum absolute atomic E-state index is 12.3. The highest BCUT2D eigenvalue weighted by atomic mass is 16.5. The van der Waals surface area contributed by atoms with E-state index in [1.54, 1.807) is 34.1 Å². The van der Waals surface area contributed by atoms with Gasteiger partial charge in [-0.3, -0.25) is 14.4 Å². The minimum Gasteiger partial charge on any atom is -0.484 e. The molecule has 0 unspecified atom stereocenters. The average molecular weight is 374 g/mol. The first-order chi connectivity index (χ1) is 13.1. The molecular weight excluding hydrogens is 348 g/mol. The Hall–Kier alpha value is -2.41. The summed E-state index contributed by atoms with van der Waals surface area (Å²) in [5.74, 6) is 0.571. The molecular formula is C20H26N2O5. The third-order valence-corrected chi connectivity index (χ3v) is 5.01. The van der Waals surface area contributed by atoms with Crippen LogP contribution in [0.15, 0.2) is 24.3 Å². The number of rotatable bonds is 6. The van der Waals surface area contributed by atoms with Gasteiger partial charge in [0.25, 0.3) is 11.8 Å². The maximum atomic E-state index is 12.3. The second kappa shape index (κ2) is 8.99. The molecule has 0 radical (unpaired) electrons. The smallest absolute Gasteiger partial charge is 0.260 e. The van der Waals surface area contributed by atoms with E-state index >= 15 is 0 Å². The van der Waals surface area contributed by atoms with Crippen LogP contribution in [0.2, 0.25) is 0 Å². The molecule has 0 aliphatic carbocycles. The van der Waals surface area contributed by atoms with Crippen LogP contribution in [-0.2, 0) is 14.3 Å². The van der Waals surface area contributed by atoms with Crippen LogP contribution >= 0.6 is 0 Å². The second-order valence-electron chi connectivity index (χ2n) is 6.80. The van der Waals surface area contributed by atoms with Gasteiger partial charge in [0, 0.05) is 44.8 Å². The lowest BCUT2D eigenvalue weighted by Gasteiger charge is -2.35. The SMILES string of the molecule is CCC(=O)c1ccc(OCC(=O)N2CCN(C(=O)[C@@H]3CCCO3)CC2)cc1. The molecule has 2 fully saturated rings. The molecule has 0 spiro atoms. The molecule has 27 heavy (non-hydrogen) atoms. The summed E-state index contributed by atoms with van der Waals surface area (Å²) in [6.45, 7) is 4.48. The molecule has 2 amide bonds. The number of Topliss-reactive ketones (excluding diaryl/α,β-unsaturated/α-hetero) is 1. The van der Waals surface area contributed by atoms with E-state index in [1.165, 1.54) is 0 Å². The third-order valence-electron chi connectivity index (χ3n) is 5.01. The zero-order chi connectivity index (χ0) is 19.2. The van der Waals surface area contributed by atoms with E-state index in [2.05, 4.69) is 0 Å². The first-order valence-corrected chi connectivity index (χ1v) is 9.52. The van der Waals surface area contributed by atoms with Crippen molar-refractivity contribution < 1.29 is 23.9 Å². The zero-order valence-electron chi connectivity index (χ0n) is 15.7. The minimum atomic E-state index is -0.307. The normalized spacial score (nSPS) is 19.8. The fraction of sp³-hybridized carbons (Fsp3) is 0.550. The van der Waals surface area contributed by atoms with Crippen molar-refractivity contribution >= 4 is 17.6 Å². The monoisotopic (exact) mass is 374 g/mol. The summed E-state index contributed by atoms with van der Waals surface area (Å²) in [5.41, 5.74) is 0.642. The number of ketones is 1. The van der Waals surface area contributed by atoms with E-state index in [0.717, 1.165) is 12.8 Å². The number of carbonyl (C=O) groups excluding carboxylic acids is 3. The average Bonchev–Trinajstić information content (AvgIpc) is 3.26. The topological polar surface area (TPSA) is 76.2 Å². The van der Waals surface area contributed by atoms with E-state index in [1.807, 2.05) is 6.92 Å². The number of piperazine rings is 1. The van der Waals surface area contributed by atoms with Crippen molar-refractivity contribution in [3.05, 3.63) is 29.8 Å². The quantitative estimate of drug-likeness (QED) is 0.706. The van der Waals surface area contributed by atoms with E-state index in [9.17, 15) is 14.4 Å². The van der Waals surface area contributed by atoms with Crippen LogP contribution in [0.5, 0.6) is 5.75 Å². The Balaban J connectivity index is 1.43. The molecule has 2 aliphatic rings. The van der Waals surface area contributed by atoms with Gasteiger partial charge in [-0.2, -0.15) is 0 Å². The zero-order valence-corrected chi connectivity index (χ0v) is 15.7. The summed E-state index contributed by atoms with van der Waals surface area (Å²) in [4.78, 5) is 39.8. The van der Waals surface area contributed by atoms with Gasteiger partial charge in [-0.05, 0) is 37.1 Å². The molecule has 7 heteroatoms. The lowest BCUT2D eigenvalue weighted by atomic mass is 10.1. The predicted molar refractivity (Wildman–Crippen MR) is 98.7 cm³/mol. The maximum Gasteiger partial charge on any atom is 0.260 e. The number of amides is 2. The van der Waals surface area contributed by atoms with Gasteiger partial charge in [-0.25, -0.2) is 0 Å². The second-order valence-corrected chi connectivity index (χ2v) is 6.80. The van der Waals surface area contributed by atoms with Crippen molar-refractivity contribution in [1.29, 1.82) is 0 Å². The predicted octanol–water partition coefficient (Wildman–Crippen LogP) is 1.51. The van der Waals surface area contributed by atoms with E-state index in [4.69, 9.17) is 9.47 Å². The minimum absolute atomic E-state index is 0.0394. The Morgan fingerprint density at radius 3 is 2.33 bits per heavy atom. The highest BCUT2D eigenvalue weighted by Gasteiger charge is 2.31. The molecule has 2 saturated heterocycles. The van der Waals surface area contributed by atoms with Gasteiger partial charge >= 0.3 is 0 Å². The Morgan fingerprint density at radius 2 is 1.74 bits per heavy atom. The summed E-state index contributed by atoms with van der Waals surface area (Å²) in [6.07, 6.45) is 1.87. The summed E-state index contributed by atoms with van der Waals surface area (Å²) in [7, 11) is 0. The molecule has 0 aromatic heterocycles. The van der Waals surface area contributed by atoms with Crippen LogP contribution in [0.3, 0.4) is 0 Å². The fourth-order valence-corrected chi connectivity index (χ4v) is 3.33.